The first-order chi connectivity index (χ1) is 18.8. The van der Waals surface area contributed by atoms with E-state index in [1.807, 2.05) is 0 Å². The smallest absolute Gasteiger partial charge is 0.247 e. The van der Waals surface area contributed by atoms with Crippen LogP contribution in [0.4, 0.5) is 0 Å². The summed E-state index contributed by atoms with van der Waals surface area (Å²) in [5.41, 5.74) is 1.09. The van der Waals surface area contributed by atoms with E-state index in [-0.39, 0.29) is 55.9 Å². The summed E-state index contributed by atoms with van der Waals surface area (Å²) in [6.45, 7) is 2.01. The molecule has 0 saturated carbocycles. The molecule has 11 heteroatoms. The van der Waals surface area contributed by atoms with Crippen LogP contribution in [0.25, 0.3) is 0 Å². The highest BCUT2D eigenvalue weighted by molar-refractivity contribution is 5.96. The van der Waals surface area contributed by atoms with Crippen molar-refractivity contribution < 1.29 is 43.6 Å². The molecule has 1 fully saturated rings. The van der Waals surface area contributed by atoms with Crippen molar-refractivity contribution in [3.05, 3.63) is 34.9 Å². The minimum Gasteiger partial charge on any atom is -0.493 e. The third-order valence-electron chi connectivity index (χ3n) is 7.43. The first kappa shape index (κ1) is 28.7. The molecular weight excluding hydrogens is 508 g/mol. The highest BCUT2D eigenvalue weighted by Gasteiger charge is 2.51. The fourth-order valence-electron chi connectivity index (χ4n) is 5.59. The largest absolute Gasteiger partial charge is 0.493 e. The van der Waals surface area contributed by atoms with Crippen LogP contribution < -0.4 is 14.8 Å². The van der Waals surface area contributed by atoms with Gasteiger partial charge in [-0.15, -0.1) is 0 Å². The van der Waals surface area contributed by atoms with Gasteiger partial charge in [0, 0.05) is 49.2 Å². The van der Waals surface area contributed by atoms with Gasteiger partial charge in [0.2, 0.25) is 11.8 Å². The molecule has 2 amide bonds. The van der Waals surface area contributed by atoms with Crippen LogP contribution in [0.5, 0.6) is 11.5 Å². The van der Waals surface area contributed by atoms with Crippen molar-refractivity contribution in [3.8, 4) is 11.5 Å². The Morgan fingerprint density at radius 1 is 1.26 bits per heavy atom. The van der Waals surface area contributed by atoms with Crippen molar-refractivity contribution in [2.24, 2.45) is 0 Å². The Bertz CT molecular complexity index is 1130. The molecule has 0 radical (unpaired) electrons. The zero-order valence-corrected chi connectivity index (χ0v) is 22.3. The Morgan fingerprint density at radius 3 is 2.69 bits per heavy atom. The Hall–Kier alpha value is -3.28. The van der Waals surface area contributed by atoms with Crippen LogP contribution in [0.1, 0.15) is 60.9 Å². The number of ketones is 1. The number of benzene rings is 1. The molecule has 3 N–H and O–H groups in total. The van der Waals surface area contributed by atoms with Crippen LogP contribution in [0.15, 0.2) is 23.8 Å². The van der Waals surface area contributed by atoms with Crippen molar-refractivity contribution in [1.29, 1.82) is 0 Å². The normalized spacial score (nSPS) is 25.1. The van der Waals surface area contributed by atoms with Gasteiger partial charge in [-0.05, 0) is 44.4 Å². The van der Waals surface area contributed by atoms with Gasteiger partial charge in [-0.3, -0.25) is 14.4 Å². The molecule has 1 aromatic rings. The number of hydrogen-bond donors (Lipinski definition) is 3. The number of carbonyl (C=O) groups excluding carboxylic acids is 4. The van der Waals surface area contributed by atoms with Gasteiger partial charge in [0.1, 0.15) is 24.3 Å². The number of aliphatic hydroxyl groups is 2. The van der Waals surface area contributed by atoms with Crippen molar-refractivity contribution in [1.82, 2.24) is 10.2 Å². The van der Waals surface area contributed by atoms with Crippen LogP contribution >= 0.6 is 0 Å². The van der Waals surface area contributed by atoms with Crippen LogP contribution in [0.2, 0.25) is 0 Å². The Balaban J connectivity index is 1.75. The van der Waals surface area contributed by atoms with Crippen molar-refractivity contribution >= 4 is 23.9 Å². The van der Waals surface area contributed by atoms with E-state index in [1.165, 1.54) is 25.0 Å². The number of aliphatic hydroxyl groups excluding tert-OH is 2. The number of aldehydes is 1. The molecule has 1 aromatic carbocycles. The molecule has 39 heavy (non-hydrogen) atoms. The molecule has 4 rings (SSSR count). The average Bonchev–Trinajstić information content (AvgIpc) is 3.58. The quantitative estimate of drug-likeness (QED) is 0.326. The van der Waals surface area contributed by atoms with E-state index < -0.39 is 30.1 Å². The summed E-state index contributed by atoms with van der Waals surface area (Å²) < 4.78 is 17.4. The van der Waals surface area contributed by atoms with Crippen LogP contribution in [-0.2, 0) is 19.1 Å². The molecule has 0 bridgehead atoms. The number of methoxy groups -OCH3 is 1. The van der Waals surface area contributed by atoms with Crippen LogP contribution in [0, 0.1) is 0 Å². The number of nitrogens with zero attached hydrogens (tertiary/aromatic N) is 1. The molecule has 5 atom stereocenters. The standard InChI is InChI=1S/C28H36N2O9/c1-16(33)5-3-7-23(34)30(14-18-6-4-10-38-18)21-13-20(28(36)29-8-9-31)24-19-11-17(15-32)12-22(37-2)26(19)39-27(24)25(21)35/h11-13,15,18,21,24-25,27,31,35H,3-10,14H2,1-2H3,(H,29,36). The third-order valence-corrected chi connectivity index (χ3v) is 7.43. The van der Waals surface area contributed by atoms with Crippen LogP contribution in [0.3, 0.4) is 0 Å². The molecule has 1 aliphatic carbocycles. The molecule has 0 spiro atoms. The van der Waals surface area contributed by atoms with E-state index in [2.05, 4.69) is 5.32 Å². The van der Waals surface area contributed by atoms with Crippen molar-refractivity contribution in [2.75, 3.05) is 33.4 Å². The molecule has 2 heterocycles. The van der Waals surface area contributed by atoms with E-state index in [4.69, 9.17) is 14.2 Å². The van der Waals surface area contributed by atoms with E-state index in [0.717, 1.165) is 12.8 Å². The number of fused-ring (bicyclic) bond motifs is 3. The van der Waals surface area contributed by atoms with Crippen LogP contribution in [-0.4, -0.2) is 96.8 Å². The SMILES string of the molecule is COc1cc(C=O)cc2c1OC1C2C(C(=O)NCCO)=CC(N(CC2CCCO2)C(=O)CCCC(C)=O)C1O. The molecule has 1 saturated heterocycles. The van der Waals surface area contributed by atoms with Gasteiger partial charge in [0.25, 0.3) is 0 Å². The summed E-state index contributed by atoms with van der Waals surface area (Å²) in [6.07, 6.45) is 2.20. The summed E-state index contributed by atoms with van der Waals surface area (Å²) in [4.78, 5) is 51.4. The number of amides is 2. The Kier molecular flexibility index (Phi) is 9.36. The van der Waals surface area contributed by atoms with Gasteiger partial charge in [0.05, 0.1) is 31.8 Å². The maximum absolute atomic E-state index is 13.5. The number of ether oxygens (including phenoxy) is 3. The lowest BCUT2D eigenvalue weighted by atomic mass is 9.77. The number of nitrogens with one attached hydrogen (secondary N) is 1. The lowest BCUT2D eigenvalue weighted by Crippen LogP contribution is -2.57. The topological polar surface area (TPSA) is 152 Å². The van der Waals surface area contributed by atoms with Gasteiger partial charge in [-0.25, -0.2) is 0 Å². The zero-order chi connectivity index (χ0) is 28.1. The van der Waals surface area contributed by atoms with Gasteiger partial charge in [-0.2, -0.15) is 0 Å². The zero-order valence-electron chi connectivity index (χ0n) is 22.3. The van der Waals surface area contributed by atoms with Crippen molar-refractivity contribution in [2.45, 2.75) is 69.3 Å². The molecular formula is C28H36N2O9. The van der Waals surface area contributed by atoms with Gasteiger partial charge in [0.15, 0.2) is 11.5 Å². The lowest BCUT2D eigenvalue weighted by Gasteiger charge is -2.41. The predicted molar refractivity (Wildman–Crippen MR) is 139 cm³/mol. The summed E-state index contributed by atoms with van der Waals surface area (Å²) in [6, 6.07) is 2.21. The van der Waals surface area contributed by atoms with Gasteiger partial charge >= 0.3 is 0 Å². The van der Waals surface area contributed by atoms with Crippen molar-refractivity contribution in [3.63, 3.8) is 0 Å². The van der Waals surface area contributed by atoms with E-state index in [9.17, 15) is 29.4 Å². The second-order valence-corrected chi connectivity index (χ2v) is 10.1. The second kappa shape index (κ2) is 12.7. The van der Waals surface area contributed by atoms with E-state index in [1.54, 1.807) is 12.1 Å². The molecule has 2 aliphatic heterocycles. The molecule has 0 aromatic heterocycles. The number of rotatable bonds is 12. The molecule has 212 valence electrons. The minimum atomic E-state index is -1.22. The van der Waals surface area contributed by atoms with Gasteiger partial charge in [-0.1, -0.05) is 0 Å². The highest BCUT2D eigenvalue weighted by Crippen LogP contribution is 2.51. The van der Waals surface area contributed by atoms with Gasteiger partial charge < -0.3 is 39.4 Å². The lowest BCUT2D eigenvalue weighted by molar-refractivity contribution is -0.139. The second-order valence-electron chi connectivity index (χ2n) is 10.1. The fourth-order valence-corrected chi connectivity index (χ4v) is 5.59. The first-order valence-electron chi connectivity index (χ1n) is 13.3. The Labute approximate surface area is 227 Å². The van der Waals surface area contributed by atoms with E-state index >= 15 is 0 Å². The van der Waals surface area contributed by atoms with E-state index in [0.29, 0.717) is 41.9 Å². The number of hydrogen-bond acceptors (Lipinski definition) is 9. The maximum Gasteiger partial charge on any atom is 0.247 e. The molecule has 5 unspecified atom stereocenters. The first-order valence-corrected chi connectivity index (χ1v) is 13.3. The summed E-state index contributed by atoms with van der Waals surface area (Å²) in [5, 5.41) is 23.6. The molecule has 11 nitrogen and oxygen atoms in total. The maximum atomic E-state index is 13.5. The summed E-state index contributed by atoms with van der Waals surface area (Å²) in [5.74, 6) is -0.897. The number of carbonyl (C=O) groups is 4. The highest BCUT2D eigenvalue weighted by atomic mass is 16.5. The molecule has 3 aliphatic rings. The predicted octanol–water partition coefficient (Wildman–Crippen LogP) is 0.897. The summed E-state index contributed by atoms with van der Waals surface area (Å²) >= 11 is 0. The fraction of sp³-hybridized carbons (Fsp3) is 0.571. The average molecular weight is 545 g/mol. The summed E-state index contributed by atoms with van der Waals surface area (Å²) in [7, 11) is 1.43. The third kappa shape index (κ3) is 6.15. The number of Topliss-reactive ketones (excluding diaryl/α,β-unsaturated/α-hetero) is 1. The monoisotopic (exact) mass is 544 g/mol. The Morgan fingerprint density at radius 2 is 2.05 bits per heavy atom. The minimum absolute atomic E-state index is 0.00972.